The third-order valence-corrected chi connectivity index (χ3v) is 5.26. The van der Waals surface area contributed by atoms with E-state index in [1.807, 2.05) is 37.4 Å². The van der Waals surface area contributed by atoms with Crippen LogP contribution in [0.25, 0.3) is 16.9 Å². The molecule has 0 fully saturated rings. The lowest BCUT2D eigenvalue weighted by molar-refractivity contribution is -0.892. The van der Waals surface area contributed by atoms with Gasteiger partial charge in [-0.1, -0.05) is 60.7 Å². The number of likely N-dealkylation sites (N-methyl/N-ethyl adjacent to an activating group) is 1. The highest BCUT2D eigenvalue weighted by Crippen LogP contribution is 2.32. The van der Waals surface area contributed by atoms with E-state index in [9.17, 15) is 18.0 Å². The van der Waals surface area contributed by atoms with Crippen LogP contribution < -0.4 is 10.2 Å². The van der Waals surface area contributed by atoms with Gasteiger partial charge < -0.3 is 10.2 Å². The molecular formula is C24H23F3N5O+. The first kappa shape index (κ1) is 22.5. The van der Waals surface area contributed by atoms with Gasteiger partial charge in [-0.25, -0.2) is 9.50 Å². The van der Waals surface area contributed by atoms with Crippen molar-refractivity contribution in [3.8, 4) is 11.3 Å². The number of benzene rings is 2. The molecule has 9 heteroatoms. The summed E-state index contributed by atoms with van der Waals surface area (Å²) in [4.78, 5) is 18.3. The van der Waals surface area contributed by atoms with Gasteiger partial charge in [-0.15, -0.1) is 0 Å². The Morgan fingerprint density at radius 2 is 1.73 bits per heavy atom. The predicted octanol–water partition coefficient (Wildman–Crippen LogP) is 2.86. The summed E-state index contributed by atoms with van der Waals surface area (Å²) < 4.78 is 41.8. The number of amides is 1. The van der Waals surface area contributed by atoms with Gasteiger partial charge >= 0.3 is 6.18 Å². The zero-order chi connectivity index (χ0) is 23.4. The van der Waals surface area contributed by atoms with E-state index in [1.54, 1.807) is 30.3 Å². The van der Waals surface area contributed by atoms with E-state index in [1.165, 1.54) is 10.5 Å². The van der Waals surface area contributed by atoms with E-state index in [-0.39, 0.29) is 16.9 Å². The third kappa shape index (κ3) is 5.20. The molecule has 0 bridgehead atoms. The highest BCUT2D eigenvalue weighted by Gasteiger charge is 2.36. The summed E-state index contributed by atoms with van der Waals surface area (Å²) in [5.74, 6) is -0.511. The maximum Gasteiger partial charge on any atom is 0.433 e. The number of halogens is 3. The van der Waals surface area contributed by atoms with E-state index in [0.29, 0.717) is 23.2 Å². The van der Waals surface area contributed by atoms with Gasteiger partial charge in [-0.05, 0) is 6.07 Å². The molecule has 0 spiro atoms. The number of nitrogens with zero attached hydrogens (tertiary/aromatic N) is 3. The van der Waals surface area contributed by atoms with E-state index >= 15 is 0 Å². The predicted molar refractivity (Wildman–Crippen MR) is 118 cm³/mol. The first-order valence-electron chi connectivity index (χ1n) is 10.5. The number of carbonyl (C=O) groups is 1. The van der Waals surface area contributed by atoms with Crippen LogP contribution in [0.4, 0.5) is 13.2 Å². The van der Waals surface area contributed by atoms with Crippen molar-refractivity contribution >= 4 is 11.6 Å². The number of nitrogens with one attached hydrogen (secondary N) is 2. The van der Waals surface area contributed by atoms with Crippen molar-refractivity contribution in [3.05, 3.63) is 89.7 Å². The zero-order valence-corrected chi connectivity index (χ0v) is 17.9. The van der Waals surface area contributed by atoms with Gasteiger partial charge in [0.25, 0.3) is 5.91 Å². The molecular weight excluding hydrogens is 431 g/mol. The Morgan fingerprint density at radius 1 is 1.06 bits per heavy atom. The number of rotatable bonds is 7. The molecule has 4 rings (SSSR count). The zero-order valence-electron chi connectivity index (χ0n) is 17.9. The number of hydrogen-bond donors (Lipinski definition) is 2. The largest absolute Gasteiger partial charge is 0.433 e. The van der Waals surface area contributed by atoms with Crippen LogP contribution in [0.5, 0.6) is 0 Å². The number of hydrogen-bond acceptors (Lipinski definition) is 3. The Hall–Kier alpha value is -3.72. The normalized spacial score (nSPS) is 12.6. The SMILES string of the molecule is C[NH+](CCNC(=O)c1cnn2c(C(F)(F)F)cc(-c3ccccc3)nc12)Cc1ccccc1. The summed E-state index contributed by atoms with van der Waals surface area (Å²) in [6, 6.07) is 19.4. The first-order chi connectivity index (χ1) is 15.8. The molecule has 33 heavy (non-hydrogen) atoms. The maximum absolute atomic E-state index is 13.7. The van der Waals surface area contributed by atoms with Gasteiger partial charge in [0.1, 0.15) is 12.1 Å². The topological polar surface area (TPSA) is 63.7 Å². The third-order valence-electron chi connectivity index (χ3n) is 5.26. The number of carbonyl (C=O) groups excluding carboxylic acids is 1. The van der Waals surface area contributed by atoms with Crippen LogP contribution in [0.2, 0.25) is 0 Å². The smallest absolute Gasteiger partial charge is 0.346 e. The second-order valence-electron chi connectivity index (χ2n) is 7.81. The fourth-order valence-electron chi connectivity index (χ4n) is 3.60. The molecule has 2 aromatic carbocycles. The summed E-state index contributed by atoms with van der Waals surface area (Å²) in [5.41, 5.74) is 0.699. The molecule has 170 valence electrons. The van der Waals surface area contributed by atoms with Crippen molar-refractivity contribution in [2.75, 3.05) is 20.1 Å². The molecule has 0 radical (unpaired) electrons. The lowest BCUT2D eigenvalue weighted by Gasteiger charge is -2.14. The maximum atomic E-state index is 13.7. The molecule has 0 aliphatic rings. The monoisotopic (exact) mass is 454 g/mol. The lowest BCUT2D eigenvalue weighted by Crippen LogP contribution is -3.08. The van der Waals surface area contributed by atoms with E-state index < -0.39 is 17.8 Å². The fraction of sp³-hybridized carbons (Fsp3) is 0.208. The van der Waals surface area contributed by atoms with Crippen molar-refractivity contribution in [1.29, 1.82) is 0 Å². The molecule has 1 atom stereocenters. The van der Waals surface area contributed by atoms with Crippen LogP contribution in [0, 0.1) is 0 Å². The lowest BCUT2D eigenvalue weighted by atomic mass is 10.1. The fourth-order valence-corrected chi connectivity index (χ4v) is 3.60. The Balaban J connectivity index is 1.54. The molecule has 2 aromatic heterocycles. The molecule has 2 N–H and O–H groups in total. The minimum atomic E-state index is -4.66. The van der Waals surface area contributed by atoms with Crippen molar-refractivity contribution in [3.63, 3.8) is 0 Å². The van der Waals surface area contributed by atoms with Crippen LogP contribution in [0.15, 0.2) is 72.9 Å². The molecule has 4 aromatic rings. The van der Waals surface area contributed by atoms with Gasteiger partial charge in [0.2, 0.25) is 0 Å². The van der Waals surface area contributed by atoms with Crippen molar-refractivity contribution in [2.24, 2.45) is 0 Å². The molecule has 0 saturated heterocycles. The molecule has 1 unspecified atom stereocenters. The van der Waals surface area contributed by atoms with Crippen LogP contribution in [-0.4, -0.2) is 40.6 Å². The van der Waals surface area contributed by atoms with Crippen LogP contribution in [0.1, 0.15) is 21.6 Å². The Kier molecular flexibility index (Phi) is 6.41. The van der Waals surface area contributed by atoms with Crippen LogP contribution in [-0.2, 0) is 12.7 Å². The highest BCUT2D eigenvalue weighted by molar-refractivity contribution is 5.99. The standard InChI is InChI=1S/C24H22F3N5O/c1-31(16-17-8-4-2-5-9-17)13-12-28-23(33)19-15-29-32-21(24(25,26)27)14-20(30-22(19)32)18-10-6-3-7-11-18/h2-11,14-15H,12-13,16H2,1H3,(H,28,33)/p+1. The van der Waals surface area contributed by atoms with Crippen LogP contribution >= 0.6 is 0 Å². The number of alkyl halides is 3. The van der Waals surface area contributed by atoms with Crippen molar-refractivity contribution in [1.82, 2.24) is 19.9 Å². The van der Waals surface area contributed by atoms with Gasteiger partial charge in [-0.3, -0.25) is 4.79 Å². The van der Waals surface area contributed by atoms with E-state index in [0.717, 1.165) is 18.8 Å². The van der Waals surface area contributed by atoms with E-state index in [4.69, 9.17) is 0 Å². The number of aromatic nitrogens is 3. The van der Waals surface area contributed by atoms with Crippen molar-refractivity contribution < 1.29 is 22.9 Å². The average molecular weight is 454 g/mol. The van der Waals surface area contributed by atoms with Gasteiger partial charge in [0.05, 0.1) is 32.0 Å². The highest BCUT2D eigenvalue weighted by atomic mass is 19.4. The van der Waals surface area contributed by atoms with Crippen LogP contribution in [0.3, 0.4) is 0 Å². The first-order valence-corrected chi connectivity index (χ1v) is 10.5. The number of fused-ring (bicyclic) bond motifs is 1. The Morgan fingerprint density at radius 3 is 2.39 bits per heavy atom. The second-order valence-corrected chi connectivity index (χ2v) is 7.81. The second kappa shape index (κ2) is 9.41. The summed E-state index contributed by atoms with van der Waals surface area (Å²) in [6.45, 7) is 1.81. The Bertz CT molecular complexity index is 1240. The van der Waals surface area contributed by atoms with Gasteiger partial charge in [-0.2, -0.15) is 18.3 Å². The quantitative estimate of drug-likeness (QED) is 0.452. The number of quaternary nitrogens is 1. The minimum absolute atomic E-state index is 0.000932. The van der Waals surface area contributed by atoms with E-state index in [2.05, 4.69) is 15.4 Å². The molecule has 1 amide bonds. The average Bonchev–Trinajstić information content (AvgIpc) is 3.23. The molecule has 2 heterocycles. The van der Waals surface area contributed by atoms with Gasteiger partial charge in [0.15, 0.2) is 11.3 Å². The van der Waals surface area contributed by atoms with Gasteiger partial charge in [0, 0.05) is 11.1 Å². The Labute approximate surface area is 188 Å². The summed E-state index contributed by atoms with van der Waals surface area (Å²) in [7, 11) is 2.01. The summed E-state index contributed by atoms with van der Waals surface area (Å²) in [6.07, 6.45) is -3.53. The molecule has 0 aliphatic heterocycles. The molecule has 0 aliphatic carbocycles. The summed E-state index contributed by atoms with van der Waals surface area (Å²) >= 11 is 0. The molecule has 6 nitrogen and oxygen atoms in total. The van der Waals surface area contributed by atoms with Crippen molar-refractivity contribution in [2.45, 2.75) is 12.7 Å². The minimum Gasteiger partial charge on any atom is -0.346 e. The summed E-state index contributed by atoms with van der Waals surface area (Å²) in [5, 5.41) is 6.59. The molecule has 0 saturated carbocycles.